The zero-order valence-electron chi connectivity index (χ0n) is 16.8. The second kappa shape index (κ2) is 10.4. The van der Waals surface area contributed by atoms with E-state index in [1.165, 1.54) is 31.2 Å². The van der Waals surface area contributed by atoms with Crippen LogP contribution in [0.3, 0.4) is 0 Å². The van der Waals surface area contributed by atoms with Gasteiger partial charge in [-0.15, -0.1) is 0 Å². The van der Waals surface area contributed by atoms with Gasteiger partial charge in [0.2, 0.25) is 10.0 Å². The van der Waals surface area contributed by atoms with Gasteiger partial charge >= 0.3 is 0 Å². The molecule has 0 spiro atoms. The third-order valence-corrected chi connectivity index (χ3v) is 6.05. The molecule has 0 saturated carbocycles. The van der Waals surface area contributed by atoms with Crippen LogP contribution in [0.1, 0.15) is 67.6 Å². The van der Waals surface area contributed by atoms with Crippen molar-refractivity contribution < 1.29 is 17.6 Å². The van der Waals surface area contributed by atoms with E-state index in [9.17, 15) is 13.2 Å². The Morgan fingerprint density at radius 2 is 1.96 bits per heavy atom. The van der Waals surface area contributed by atoms with Crippen LogP contribution < -0.4 is 10.0 Å². The van der Waals surface area contributed by atoms with Gasteiger partial charge in [-0.3, -0.25) is 4.79 Å². The predicted molar refractivity (Wildman–Crippen MR) is 110 cm³/mol. The summed E-state index contributed by atoms with van der Waals surface area (Å²) in [4.78, 5) is 12.7. The van der Waals surface area contributed by atoms with E-state index in [2.05, 4.69) is 17.0 Å². The first-order valence-electron chi connectivity index (χ1n) is 9.77. The normalized spacial score (nSPS) is 12.7. The first-order chi connectivity index (χ1) is 13.3. The van der Waals surface area contributed by atoms with Crippen molar-refractivity contribution in [2.24, 2.45) is 0 Å². The van der Waals surface area contributed by atoms with Crippen molar-refractivity contribution in [3.05, 3.63) is 53.5 Å². The summed E-state index contributed by atoms with van der Waals surface area (Å²) in [6.07, 6.45) is 7.00. The zero-order chi connectivity index (χ0) is 20.6. The highest BCUT2D eigenvalue weighted by Crippen LogP contribution is 2.17. The van der Waals surface area contributed by atoms with Crippen molar-refractivity contribution in [3.63, 3.8) is 0 Å². The first kappa shape index (κ1) is 22.2. The molecule has 0 saturated heterocycles. The molecule has 7 heteroatoms. The van der Waals surface area contributed by atoms with Gasteiger partial charge in [-0.2, -0.15) is 0 Å². The van der Waals surface area contributed by atoms with Crippen LogP contribution in [0.5, 0.6) is 0 Å². The first-order valence-corrected chi connectivity index (χ1v) is 11.3. The standard InChI is InChI=1S/C21H30N2O4S/c1-4-5-6-7-9-17(3)23-21(24)20-14-19(12-11-16(20)2)28(25,26)22-15-18-10-8-13-27-18/h8,10-14,17,22H,4-7,9,15H2,1-3H3,(H,23,24). The van der Waals surface area contributed by atoms with Crippen LogP contribution in [0.15, 0.2) is 45.9 Å². The lowest BCUT2D eigenvalue weighted by atomic mass is 10.1. The summed E-state index contributed by atoms with van der Waals surface area (Å²) in [5, 5.41) is 2.98. The Morgan fingerprint density at radius 3 is 2.64 bits per heavy atom. The molecule has 1 heterocycles. The second-order valence-corrected chi connectivity index (χ2v) is 8.87. The van der Waals surface area contributed by atoms with Gasteiger partial charge in [0.05, 0.1) is 17.7 Å². The van der Waals surface area contributed by atoms with Crippen LogP contribution in [0, 0.1) is 6.92 Å². The van der Waals surface area contributed by atoms with Crippen molar-refractivity contribution >= 4 is 15.9 Å². The summed E-state index contributed by atoms with van der Waals surface area (Å²) in [6.45, 7) is 6.00. The molecule has 0 aliphatic rings. The Morgan fingerprint density at radius 1 is 1.18 bits per heavy atom. The lowest BCUT2D eigenvalue weighted by Crippen LogP contribution is -2.33. The summed E-state index contributed by atoms with van der Waals surface area (Å²) >= 11 is 0. The van der Waals surface area contributed by atoms with E-state index >= 15 is 0 Å². The lowest BCUT2D eigenvalue weighted by Gasteiger charge is -2.15. The smallest absolute Gasteiger partial charge is 0.251 e. The molecule has 1 aromatic heterocycles. The highest BCUT2D eigenvalue weighted by molar-refractivity contribution is 7.89. The van der Waals surface area contributed by atoms with Crippen LogP contribution >= 0.6 is 0 Å². The molecular weight excluding hydrogens is 376 g/mol. The van der Waals surface area contributed by atoms with Gasteiger partial charge in [-0.25, -0.2) is 13.1 Å². The molecule has 28 heavy (non-hydrogen) atoms. The fourth-order valence-electron chi connectivity index (χ4n) is 2.93. The lowest BCUT2D eigenvalue weighted by molar-refractivity contribution is 0.0937. The van der Waals surface area contributed by atoms with Crippen LogP contribution in [0.4, 0.5) is 0 Å². The highest BCUT2D eigenvalue weighted by atomic mass is 32.2. The maximum atomic E-state index is 12.6. The molecule has 1 amide bonds. The quantitative estimate of drug-likeness (QED) is 0.549. The fourth-order valence-corrected chi connectivity index (χ4v) is 3.95. The molecule has 0 fully saturated rings. The van der Waals surface area contributed by atoms with Gasteiger partial charge in [-0.05, 0) is 50.1 Å². The monoisotopic (exact) mass is 406 g/mol. The number of unbranched alkanes of at least 4 members (excludes halogenated alkanes) is 3. The molecule has 0 aliphatic heterocycles. The molecule has 154 valence electrons. The van der Waals surface area contributed by atoms with E-state index in [-0.39, 0.29) is 23.4 Å². The molecular formula is C21H30N2O4S. The average Bonchev–Trinajstić information content (AvgIpc) is 3.17. The van der Waals surface area contributed by atoms with Crippen molar-refractivity contribution in [3.8, 4) is 0 Å². The average molecular weight is 407 g/mol. The number of carbonyl (C=O) groups is 1. The Labute approximate surface area is 167 Å². The number of furan rings is 1. The van der Waals surface area contributed by atoms with E-state index in [0.29, 0.717) is 11.3 Å². The van der Waals surface area contributed by atoms with Gasteiger partial charge in [0.15, 0.2) is 0 Å². The van der Waals surface area contributed by atoms with E-state index in [1.54, 1.807) is 25.1 Å². The van der Waals surface area contributed by atoms with Gasteiger partial charge < -0.3 is 9.73 Å². The number of aryl methyl sites for hydroxylation is 1. The number of rotatable bonds is 11. The number of sulfonamides is 1. The fraction of sp³-hybridized carbons (Fsp3) is 0.476. The molecule has 0 aliphatic carbocycles. The molecule has 0 radical (unpaired) electrons. The van der Waals surface area contributed by atoms with Gasteiger partial charge in [0.25, 0.3) is 5.91 Å². The molecule has 1 aromatic carbocycles. The molecule has 2 N–H and O–H groups in total. The summed E-state index contributed by atoms with van der Waals surface area (Å²) in [5.74, 6) is 0.272. The van der Waals surface area contributed by atoms with Crippen LogP contribution in [0.2, 0.25) is 0 Å². The summed E-state index contributed by atoms with van der Waals surface area (Å²) < 4.78 is 32.7. The Balaban J connectivity index is 2.03. The highest BCUT2D eigenvalue weighted by Gasteiger charge is 2.19. The minimum absolute atomic E-state index is 0.0427. The van der Waals surface area contributed by atoms with Gasteiger partial charge in [0.1, 0.15) is 5.76 Å². The number of hydrogen-bond donors (Lipinski definition) is 2. The SMILES string of the molecule is CCCCCCC(C)NC(=O)c1cc(S(=O)(=O)NCc2ccco2)ccc1C. The van der Waals surface area contributed by atoms with Crippen molar-refractivity contribution in [2.45, 2.75) is 70.4 Å². The Bertz CT molecular complexity index is 861. The maximum Gasteiger partial charge on any atom is 0.251 e. The van der Waals surface area contributed by atoms with Crippen molar-refractivity contribution in [2.75, 3.05) is 0 Å². The van der Waals surface area contributed by atoms with Crippen molar-refractivity contribution in [1.82, 2.24) is 10.0 Å². The number of benzene rings is 1. The Kier molecular flexibility index (Phi) is 8.26. The summed E-state index contributed by atoms with van der Waals surface area (Å²) in [7, 11) is -3.75. The van der Waals surface area contributed by atoms with Crippen LogP contribution in [0.25, 0.3) is 0 Å². The zero-order valence-corrected chi connectivity index (χ0v) is 17.6. The maximum absolute atomic E-state index is 12.6. The predicted octanol–water partition coefficient (Wildman–Crippen LogP) is 4.16. The molecule has 6 nitrogen and oxygen atoms in total. The molecule has 2 rings (SSSR count). The third-order valence-electron chi connectivity index (χ3n) is 4.65. The minimum Gasteiger partial charge on any atom is -0.468 e. The molecule has 0 bridgehead atoms. The number of nitrogens with one attached hydrogen (secondary N) is 2. The molecule has 1 unspecified atom stereocenters. The van der Waals surface area contributed by atoms with E-state index in [4.69, 9.17) is 4.42 Å². The number of amides is 1. The summed E-state index contributed by atoms with van der Waals surface area (Å²) in [6, 6.07) is 8.02. The largest absolute Gasteiger partial charge is 0.468 e. The summed E-state index contributed by atoms with van der Waals surface area (Å²) in [5.41, 5.74) is 1.11. The van der Waals surface area contributed by atoms with Crippen LogP contribution in [-0.4, -0.2) is 20.4 Å². The number of hydrogen-bond acceptors (Lipinski definition) is 4. The van der Waals surface area contributed by atoms with E-state index in [1.807, 2.05) is 6.92 Å². The van der Waals surface area contributed by atoms with E-state index < -0.39 is 10.0 Å². The minimum atomic E-state index is -3.75. The van der Waals surface area contributed by atoms with Gasteiger partial charge in [-0.1, -0.05) is 38.7 Å². The molecule has 2 aromatic rings. The van der Waals surface area contributed by atoms with E-state index in [0.717, 1.165) is 24.8 Å². The Hall–Kier alpha value is -2.12. The van der Waals surface area contributed by atoms with Crippen LogP contribution in [-0.2, 0) is 16.6 Å². The second-order valence-electron chi connectivity index (χ2n) is 7.10. The van der Waals surface area contributed by atoms with Crippen molar-refractivity contribution in [1.29, 1.82) is 0 Å². The number of carbonyl (C=O) groups excluding carboxylic acids is 1. The molecule has 1 atom stereocenters. The topological polar surface area (TPSA) is 88.4 Å². The third kappa shape index (κ3) is 6.49. The van der Waals surface area contributed by atoms with Gasteiger partial charge in [0, 0.05) is 11.6 Å².